The Hall–Kier alpha value is -1.82. The zero-order chi connectivity index (χ0) is 15.2. The number of nitro groups is 1. The van der Waals surface area contributed by atoms with E-state index in [2.05, 4.69) is 5.32 Å². The minimum Gasteiger partial charge on any atom is -0.487 e. The number of benzene rings is 1. The van der Waals surface area contributed by atoms with Gasteiger partial charge in [-0.05, 0) is 25.3 Å². The maximum absolute atomic E-state index is 11.0. The third-order valence-electron chi connectivity index (χ3n) is 3.79. The molecule has 2 atom stereocenters. The third kappa shape index (κ3) is 4.07. The molecular formula is C15H23N3O3. The number of ether oxygens (including phenoxy) is 1. The van der Waals surface area contributed by atoms with E-state index < -0.39 is 4.92 Å². The lowest BCUT2D eigenvalue weighted by Gasteiger charge is -2.30. The fourth-order valence-corrected chi connectivity index (χ4v) is 2.64. The highest BCUT2D eigenvalue weighted by atomic mass is 16.6. The summed E-state index contributed by atoms with van der Waals surface area (Å²) in [6.07, 6.45) is 5.19. The number of rotatable bonds is 6. The lowest BCUT2D eigenvalue weighted by atomic mass is 9.91. The molecule has 0 amide bonds. The second-order valence-electron chi connectivity index (χ2n) is 5.49. The number of nitrogens with zero attached hydrogens (tertiary/aromatic N) is 1. The maximum atomic E-state index is 11.0. The Labute approximate surface area is 124 Å². The summed E-state index contributed by atoms with van der Waals surface area (Å²) < 4.78 is 5.49. The summed E-state index contributed by atoms with van der Waals surface area (Å²) in [4.78, 5) is 10.6. The Morgan fingerprint density at radius 1 is 1.43 bits per heavy atom. The molecule has 1 aromatic carbocycles. The number of hydrogen-bond donors (Lipinski definition) is 2. The zero-order valence-electron chi connectivity index (χ0n) is 12.4. The summed E-state index contributed by atoms with van der Waals surface area (Å²) in [5.41, 5.74) is 6.95. The van der Waals surface area contributed by atoms with Crippen molar-refractivity contribution < 1.29 is 9.66 Å². The molecule has 3 N–H and O–H groups in total. The Morgan fingerprint density at radius 2 is 2.19 bits per heavy atom. The first-order chi connectivity index (χ1) is 10.1. The monoisotopic (exact) mass is 293 g/mol. The molecule has 0 radical (unpaired) electrons. The van der Waals surface area contributed by atoms with Crippen molar-refractivity contribution in [3.63, 3.8) is 0 Å². The van der Waals surface area contributed by atoms with Crippen molar-refractivity contribution in [3.05, 3.63) is 28.3 Å². The molecule has 6 nitrogen and oxygen atoms in total. The maximum Gasteiger partial charge on any atom is 0.311 e. The number of hydrogen-bond acceptors (Lipinski definition) is 5. The van der Waals surface area contributed by atoms with E-state index in [1.807, 2.05) is 6.92 Å². The van der Waals surface area contributed by atoms with Crippen LogP contribution in [0.3, 0.4) is 0 Å². The highest BCUT2D eigenvalue weighted by molar-refractivity contribution is 5.58. The molecule has 1 saturated carbocycles. The molecule has 21 heavy (non-hydrogen) atoms. The van der Waals surface area contributed by atoms with Gasteiger partial charge in [0.2, 0.25) is 0 Å². The van der Waals surface area contributed by atoms with Crippen LogP contribution in [-0.2, 0) is 0 Å². The van der Waals surface area contributed by atoms with Gasteiger partial charge in [-0.1, -0.05) is 19.8 Å². The van der Waals surface area contributed by atoms with Crippen LogP contribution < -0.4 is 15.8 Å². The topological polar surface area (TPSA) is 90.4 Å². The highest BCUT2D eigenvalue weighted by Gasteiger charge is 2.22. The van der Waals surface area contributed by atoms with Gasteiger partial charge in [0.1, 0.15) is 0 Å². The Kier molecular flexibility index (Phi) is 5.38. The molecule has 0 spiro atoms. The molecule has 6 heteroatoms. The van der Waals surface area contributed by atoms with Crippen molar-refractivity contribution in [2.45, 2.75) is 51.1 Å². The fourth-order valence-electron chi connectivity index (χ4n) is 2.64. The average molecular weight is 293 g/mol. The van der Waals surface area contributed by atoms with E-state index in [0.29, 0.717) is 12.4 Å². The number of nitrogens with two attached hydrogens (primary N) is 1. The molecule has 0 aromatic heterocycles. The molecule has 1 fully saturated rings. The molecule has 0 aliphatic heterocycles. The summed E-state index contributed by atoms with van der Waals surface area (Å²) in [7, 11) is 0. The smallest absolute Gasteiger partial charge is 0.311 e. The minimum absolute atomic E-state index is 0.00180. The summed E-state index contributed by atoms with van der Waals surface area (Å²) in [6.45, 7) is 2.43. The van der Waals surface area contributed by atoms with E-state index >= 15 is 0 Å². The molecule has 2 unspecified atom stereocenters. The van der Waals surface area contributed by atoms with E-state index in [1.54, 1.807) is 12.1 Å². The van der Waals surface area contributed by atoms with E-state index in [4.69, 9.17) is 10.5 Å². The first kappa shape index (κ1) is 15.6. The van der Waals surface area contributed by atoms with Gasteiger partial charge in [0.15, 0.2) is 5.75 Å². The van der Waals surface area contributed by atoms with E-state index in [0.717, 1.165) is 31.4 Å². The van der Waals surface area contributed by atoms with Crippen LogP contribution in [-0.4, -0.2) is 23.6 Å². The minimum atomic E-state index is -0.416. The first-order valence-corrected chi connectivity index (χ1v) is 7.55. The van der Waals surface area contributed by atoms with Crippen LogP contribution >= 0.6 is 0 Å². The highest BCUT2D eigenvalue weighted by Crippen LogP contribution is 2.31. The molecular weight excluding hydrogens is 270 g/mol. The summed E-state index contributed by atoms with van der Waals surface area (Å²) >= 11 is 0. The molecule has 1 aromatic rings. The van der Waals surface area contributed by atoms with E-state index in [-0.39, 0.29) is 17.8 Å². The van der Waals surface area contributed by atoms with Gasteiger partial charge in [-0.25, -0.2) is 0 Å². The second kappa shape index (κ2) is 7.26. The Bertz CT molecular complexity index is 493. The van der Waals surface area contributed by atoms with Gasteiger partial charge in [-0.3, -0.25) is 10.1 Å². The SMILES string of the molecule is CCCOc1cc(NC2CCCCC2N)ccc1[N+](=O)[O-]. The van der Waals surface area contributed by atoms with E-state index in [9.17, 15) is 10.1 Å². The first-order valence-electron chi connectivity index (χ1n) is 7.55. The van der Waals surface area contributed by atoms with Gasteiger partial charge in [0.25, 0.3) is 0 Å². The molecule has 2 rings (SSSR count). The molecule has 116 valence electrons. The van der Waals surface area contributed by atoms with Gasteiger partial charge in [-0.15, -0.1) is 0 Å². The third-order valence-corrected chi connectivity index (χ3v) is 3.79. The number of anilines is 1. The van der Waals surface area contributed by atoms with Crippen LogP contribution in [0.15, 0.2) is 18.2 Å². The van der Waals surface area contributed by atoms with Crippen molar-refractivity contribution in [2.75, 3.05) is 11.9 Å². The van der Waals surface area contributed by atoms with Crippen LogP contribution in [0.25, 0.3) is 0 Å². The van der Waals surface area contributed by atoms with Crippen LogP contribution in [0, 0.1) is 10.1 Å². The number of nitro benzene ring substituents is 1. The Morgan fingerprint density at radius 3 is 2.86 bits per heavy atom. The lowest BCUT2D eigenvalue weighted by molar-refractivity contribution is -0.385. The predicted molar refractivity (Wildman–Crippen MR) is 82.7 cm³/mol. The molecule has 0 saturated heterocycles. The molecule has 1 aliphatic carbocycles. The quantitative estimate of drug-likeness (QED) is 0.621. The van der Waals surface area contributed by atoms with E-state index in [1.165, 1.54) is 12.5 Å². The van der Waals surface area contributed by atoms with Gasteiger partial charge in [0, 0.05) is 29.9 Å². The van der Waals surface area contributed by atoms with Gasteiger partial charge in [-0.2, -0.15) is 0 Å². The Balaban J connectivity index is 2.14. The van der Waals surface area contributed by atoms with Gasteiger partial charge in [0.05, 0.1) is 11.5 Å². The molecule has 0 bridgehead atoms. The fraction of sp³-hybridized carbons (Fsp3) is 0.600. The lowest BCUT2D eigenvalue weighted by Crippen LogP contribution is -2.42. The van der Waals surface area contributed by atoms with Gasteiger partial charge < -0.3 is 15.8 Å². The van der Waals surface area contributed by atoms with Crippen molar-refractivity contribution in [1.29, 1.82) is 0 Å². The average Bonchev–Trinajstić information content (AvgIpc) is 2.47. The second-order valence-corrected chi connectivity index (χ2v) is 5.49. The summed E-state index contributed by atoms with van der Waals surface area (Å²) in [6, 6.07) is 5.27. The molecule has 0 heterocycles. The van der Waals surface area contributed by atoms with Crippen LogP contribution in [0.5, 0.6) is 5.75 Å². The number of nitrogens with one attached hydrogen (secondary N) is 1. The normalized spacial score (nSPS) is 21.8. The summed E-state index contributed by atoms with van der Waals surface area (Å²) in [5, 5.41) is 14.4. The molecule has 1 aliphatic rings. The van der Waals surface area contributed by atoms with Gasteiger partial charge >= 0.3 is 5.69 Å². The standard InChI is InChI=1S/C15H23N3O3/c1-2-9-21-15-10-11(7-8-14(15)18(19)20)17-13-6-4-3-5-12(13)16/h7-8,10,12-13,17H,2-6,9,16H2,1H3. The van der Waals surface area contributed by atoms with Crippen LogP contribution in [0.1, 0.15) is 39.0 Å². The van der Waals surface area contributed by atoms with Crippen LogP contribution in [0.2, 0.25) is 0 Å². The van der Waals surface area contributed by atoms with Crippen molar-refractivity contribution in [2.24, 2.45) is 5.73 Å². The zero-order valence-corrected chi connectivity index (χ0v) is 12.4. The van der Waals surface area contributed by atoms with Crippen molar-refractivity contribution in [3.8, 4) is 5.75 Å². The van der Waals surface area contributed by atoms with Crippen molar-refractivity contribution >= 4 is 11.4 Å². The van der Waals surface area contributed by atoms with Crippen LogP contribution in [0.4, 0.5) is 11.4 Å². The summed E-state index contributed by atoms with van der Waals surface area (Å²) in [5.74, 6) is 0.316. The van der Waals surface area contributed by atoms with Crippen molar-refractivity contribution in [1.82, 2.24) is 0 Å². The largest absolute Gasteiger partial charge is 0.487 e. The predicted octanol–water partition coefficient (Wildman–Crippen LogP) is 3.07.